The molecule has 0 saturated heterocycles. The lowest BCUT2D eigenvalue weighted by molar-refractivity contribution is -0.0902. The Balaban J connectivity index is 2.02. The summed E-state index contributed by atoms with van der Waals surface area (Å²) in [6, 6.07) is 0.380. The molecule has 1 heterocycles. The van der Waals surface area contributed by atoms with E-state index in [0.717, 1.165) is 12.3 Å². The van der Waals surface area contributed by atoms with E-state index in [9.17, 15) is 18.4 Å². The number of carbonyl (C=O) groups is 1. The number of methoxy groups -OCH3 is 1. The maximum atomic E-state index is 12.6. The fourth-order valence-corrected chi connectivity index (χ4v) is 1.69. The highest BCUT2D eigenvalue weighted by molar-refractivity contribution is 5.91. The molecule has 1 N–H and O–H groups in total. The van der Waals surface area contributed by atoms with Crippen molar-refractivity contribution in [3.05, 3.63) is 28.3 Å². The summed E-state index contributed by atoms with van der Waals surface area (Å²) < 4.78 is 34.7. The molecule has 0 unspecified atom stereocenters. The van der Waals surface area contributed by atoms with Crippen LogP contribution in [0.4, 0.5) is 8.78 Å². The average molecular weight is 259 g/mol. The Morgan fingerprint density at radius 2 is 2.22 bits per heavy atom. The summed E-state index contributed by atoms with van der Waals surface area (Å²) in [6.45, 7) is 0. The van der Waals surface area contributed by atoms with Crippen LogP contribution in [0.3, 0.4) is 0 Å². The van der Waals surface area contributed by atoms with Crippen molar-refractivity contribution in [2.24, 2.45) is 0 Å². The summed E-state index contributed by atoms with van der Waals surface area (Å²) in [6.07, 6.45) is 0.227. The number of hydrogen-bond donors (Lipinski definition) is 1. The van der Waals surface area contributed by atoms with Crippen molar-refractivity contribution in [1.82, 2.24) is 5.32 Å². The molecule has 5 nitrogen and oxygen atoms in total. The second kappa shape index (κ2) is 4.40. The summed E-state index contributed by atoms with van der Waals surface area (Å²) in [5.74, 6) is -3.65. The second-order valence-electron chi connectivity index (χ2n) is 4.11. The number of amides is 1. The number of hydrogen-bond acceptors (Lipinski definition) is 4. The molecule has 18 heavy (non-hydrogen) atoms. The van der Waals surface area contributed by atoms with Crippen LogP contribution < -0.4 is 15.5 Å². The van der Waals surface area contributed by atoms with Gasteiger partial charge in [-0.15, -0.1) is 0 Å². The first-order chi connectivity index (χ1) is 8.41. The van der Waals surface area contributed by atoms with Gasteiger partial charge in [0.05, 0.1) is 7.11 Å². The Hall–Kier alpha value is -1.92. The molecule has 1 aliphatic carbocycles. The maximum Gasteiger partial charge on any atom is 0.287 e. The van der Waals surface area contributed by atoms with Crippen molar-refractivity contribution in [2.75, 3.05) is 7.11 Å². The fourth-order valence-electron chi connectivity index (χ4n) is 1.69. The molecular weight excluding hydrogens is 248 g/mol. The molecule has 0 aliphatic heterocycles. The van der Waals surface area contributed by atoms with Crippen LogP contribution in [-0.4, -0.2) is 25.0 Å². The maximum absolute atomic E-state index is 12.6. The number of rotatable bonds is 3. The van der Waals surface area contributed by atoms with Gasteiger partial charge in [-0.25, -0.2) is 8.78 Å². The van der Waals surface area contributed by atoms with Crippen molar-refractivity contribution < 1.29 is 22.7 Å². The third-order valence-corrected chi connectivity index (χ3v) is 2.67. The molecule has 2 rings (SSSR count). The Labute approximate surface area is 101 Å². The summed E-state index contributed by atoms with van der Waals surface area (Å²) in [5, 5.41) is 2.36. The molecule has 0 bridgehead atoms. The van der Waals surface area contributed by atoms with Crippen LogP contribution in [0.2, 0.25) is 0 Å². The molecule has 1 aromatic rings. The third kappa shape index (κ3) is 2.49. The summed E-state index contributed by atoms with van der Waals surface area (Å²) in [5.41, 5.74) is -0.507. The van der Waals surface area contributed by atoms with E-state index in [1.165, 1.54) is 7.11 Å². The minimum Gasteiger partial charge on any atom is -0.490 e. The highest BCUT2D eigenvalue weighted by Crippen LogP contribution is 2.37. The van der Waals surface area contributed by atoms with Gasteiger partial charge in [-0.2, -0.15) is 0 Å². The number of nitrogens with one attached hydrogen (secondary N) is 1. The SMILES string of the molecule is COc1coc(C(=O)NC2CC(F)(F)C2)cc1=O. The monoisotopic (exact) mass is 259 g/mol. The first kappa shape index (κ1) is 12.5. The van der Waals surface area contributed by atoms with E-state index in [4.69, 9.17) is 4.42 Å². The van der Waals surface area contributed by atoms with Gasteiger partial charge in [-0.05, 0) is 0 Å². The van der Waals surface area contributed by atoms with Crippen LogP contribution in [0, 0.1) is 0 Å². The summed E-state index contributed by atoms with van der Waals surface area (Å²) in [7, 11) is 1.29. The van der Waals surface area contributed by atoms with Crippen LogP contribution in [0.15, 0.2) is 21.5 Å². The van der Waals surface area contributed by atoms with E-state index in [1.807, 2.05) is 0 Å². The molecule has 1 aromatic heterocycles. The van der Waals surface area contributed by atoms with Gasteiger partial charge >= 0.3 is 0 Å². The predicted octanol–water partition coefficient (Wildman–Crippen LogP) is 1.18. The van der Waals surface area contributed by atoms with Crippen molar-refractivity contribution >= 4 is 5.91 Å². The lowest BCUT2D eigenvalue weighted by atomic mass is 9.88. The van der Waals surface area contributed by atoms with Gasteiger partial charge in [-0.1, -0.05) is 0 Å². The third-order valence-electron chi connectivity index (χ3n) is 2.67. The molecule has 1 amide bonds. The van der Waals surface area contributed by atoms with E-state index in [0.29, 0.717) is 0 Å². The van der Waals surface area contributed by atoms with E-state index in [-0.39, 0.29) is 24.4 Å². The van der Waals surface area contributed by atoms with Gasteiger partial charge in [-0.3, -0.25) is 9.59 Å². The largest absolute Gasteiger partial charge is 0.490 e. The summed E-state index contributed by atoms with van der Waals surface area (Å²) >= 11 is 0. The zero-order valence-corrected chi connectivity index (χ0v) is 9.54. The van der Waals surface area contributed by atoms with E-state index < -0.39 is 23.3 Å². The average Bonchev–Trinajstić information content (AvgIpc) is 2.26. The van der Waals surface area contributed by atoms with Gasteiger partial charge in [0.15, 0.2) is 5.76 Å². The molecule has 0 atom stereocenters. The summed E-state index contributed by atoms with van der Waals surface area (Å²) in [4.78, 5) is 22.9. The highest BCUT2D eigenvalue weighted by atomic mass is 19.3. The topological polar surface area (TPSA) is 68.5 Å². The van der Waals surface area contributed by atoms with Gasteiger partial charge in [0.2, 0.25) is 11.2 Å². The van der Waals surface area contributed by atoms with Crippen LogP contribution in [0.1, 0.15) is 23.4 Å². The van der Waals surface area contributed by atoms with Crippen LogP contribution >= 0.6 is 0 Å². The number of ether oxygens (including phenoxy) is 1. The molecular formula is C11H11F2NO4. The first-order valence-electron chi connectivity index (χ1n) is 5.27. The molecule has 0 radical (unpaired) electrons. The number of alkyl halides is 2. The standard InChI is InChI=1S/C11H11F2NO4/c1-17-9-5-18-8(2-7(9)15)10(16)14-6-3-11(12,13)4-6/h2,5-6H,3-4H2,1H3,(H,14,16). The zero-order chi connectivity index (χ0) is 13.3. The second-order valence-corrected chi connectivity index (χ2v) is 4.11. The lowest BCUT2D eigenvalue weighted by Crippen LogP contribution is -2.50. The van der Waals surface area contributed by atoms with Gasteiger partial charge < -0.3 is 14.5 Å². The van der Waals surface area contributed by atoms with Crippen molar-refractivity contribution in [3.63, 3.8) is 0 Å². The fraction of sp³-hybridized carbons (Fsp3) is 0.455. The molecule has 0 aromatic carbocycles. The smallest absolute Gasteiger partial charge is 0.287 e. The minimum absolute atomic E-state index is 0.0262. The van der Waals surface area contributed by atoms with Crippen LogP contribution in [-0.2, 0) is 0 Å². The Morgan fingerprint density at radius 3 is 2.72 bits per heavy atom. The molecule has 1 fully saturated rings. The number of carbonyl (C=O) groups excluding carboxylic acids is 1. The van der Waals surface area contributed by atoms with Crippen molar-refractivity contribution in [2.45, 2.75) is 24.8 Å². The van der Waals surface area contributed by atoms with Gasteiger partial charge in [0, 0.05) is 24.9 Å². The normalized spacial score (nSPS) is 17.9. The molecule has 1 aliphatic rings. The van der Waals surface area contributed by atoms with Crippen molar-refractivity contribution in [1.29, 1.82) is 0 Å². The Bertz CT molecular complexity index is 518. The molecule has 98 valence electrons. The molecule has 1 saturated carbocycles. The van der Waals surface area contributed by atoms with E-state index in [1.54, 1.807) is 0 Å². The quantitative estimate of drug-likeness (QED) is 0.884. The highest BCUT2D eigenvalue weighted by Gasteiger charge is 2.46. The van der Waals surface area contributed by atoms with Crippen molar-refractivity contribution in [3.8, 4) is 5.75 Å². The van der Waals surface area contributed by atoms with Gasteiger partial charge in [0.1, 0.15) is 6.26 Å². The Morgan fingerprint density at radius 1 is 1.56 bits per heavy atom. The van der Waals surface area contributed by atoms with Crippen LogP contribution in [0.25, 0.3) is 0 Å². The minimum atomic E-state index is -2.71. The van der Waals surface area contributed by atoms with Crippen LogP contribution in [0.5, 0.6) is 5.75 Å². The number of halogens is 2. The first-order valence-corrected chi connectivity index (χ1v) is 5.27. The Kier molecular flexibility index (Phi) is 3.06. The lowest BCUT2D eigenvalue weighted by Gasteiger charge is -2.35. The molecule has 7 heteroatoms. The molecule has 0 spiro atoms. The zero-order valence-electron chi connectivity index (χ0n) is 9.54. The predicted molar refractivity (Wildman–Crippen MR) is 57.0 cm³/mol. The van der Waals surface area contributed by atoms with Gasteiger partial charge in [0.25, 0.3) is 11.8 Å². The van der Waals surface area contributed by atoms with E-state index in [2.05, 4.69) is 10.1 Å². The van der Waals surface area contributed by atoms with E-state index >= 15 is 0 Å².